The van der Waals surface area contributed by atoms with Gasteiger partial charge in [0, 0.05) is 18.2 Å². The van der Waals surface area contributed by atoms with Crippen LogP contribution in [-0.4, -0.2) is 22.9 Å². The number of para-hydroxylation sites is 1. The SMILES string of the molecule is CCC(CO)NCc1cccc(Cl)c1O. The number of hydrogen-bond acceptors (Lipinski definition) is 3. The van der Waals surface area contributed by atoms with Crippen LogP contribution in [0.15, 0.2) is 18.2 Å². The van der Waals surface area contributed by atoms with Crippen LogP contribution in [0.2, 0.25) is 5.02 Å². The van der Waals surface area contributed by atoms with Gasteiger partial charge >= 0.3 is 0 Å². The van der Waals surface area contributed by atoms with Gasteiger partial charge in [0.05, 0.1) is 11.6 Å². The van der Waals surface area contributed by atoms with Crippen LogP contribution in [0.3, 0.4) is 0 Å². The first kappa shape index (κ1) is 12.3. The van der Waals surface area contributed by atoms with Gasteiger partial charge in [-0.2, -0.15) is 0 Å². The summed E-state index contributed by atoms with van der Waals surface area (Å²) < 4.78 is 0. The third-order valence-corrected chi connectivity index (χ3v) is 2.67. The summed E-state index contributed by atoms with van der Waals surface area (Å²) >= 11 is 5.77. The van der Waals surface area contributed by atoms with Crippen molar-refractivity contribution < 1.29 is 10.2 Å². The largest absolute Gasteiger partial charge is 0.506 e. The highest BCUT2D eigenvalue weighted by Crippen LogP contribution is 2.26. The lowest BCUT2D eigenvalue weighted by Crippen LogP contribution is -2.31. The molecule has 0 fully saturated rings. The van der Waals surface area contributed by atoms with Crippen LogP contribution in [0.4, 0.5) is 0 Å². The van der Waals surface area contributed by atoms with E-state index in [9.17, 15) is 5.11 Å². The van der Waals surface area contributed by atoms with Crippen molar-refractivity contribution in [2.75, 3.05) is 6.61 Å². The number of rotatable bonds is 5. The molecule has 3 nitrogen and oxygen atoms in total. The summed E-state index contributed by atoms with van der Waals surface area (Å²) in [6, 6.07) is 5.30. The zero-order valence-corrected chi connectivity index (χ0v) is 9.46. The number of phenols is 1. The van der Waals surface area contributed by atoms with Crippen LogP contribution >= 0.6 is 11.6 Å². The van der Waals surface area contributed by atoms with Gasteiger partial charge in [-0.3, -0.25) is 0 Å². The van der Waals surface area contributed by atoms with Gasteiger partial charge in [-0.15, -0.1) is 0 Å². The number of benzene rings is 1. The first-order chi connectivity index (χ1) is 7.19. The summed E-state index contributed by atoms with van der Waals surface area (Å²) in [4.78, 5) is 0. The number of aliphatic hydroxyl groups excluding tert-OH is 1. The minimum atomic E-state index is 0.0587. The van der Waals surface area contributed by atoms with Gasteiger partial charge in [0.1, 0.15) is 5.75 Å². The van der Waals surface area contributed by atoms with Crippen molar-refractivity contribution in [3.05, 3.63) is 28.8 Å². The number of aliphatic hydroxyl groups is 1. The number of nitrogens with one attached hydrogen (secondary N) is 1. The van der Waals surface area contributed by atoms with E-state index in [-0.39, 0.29) is 18.4 Å². The predicted molar refractivity (Wildman–Crippen MR) is 61.1 cm³/mol. The van der Waals surface area contributed by atoms with Crippen molar-refractivity contribution in [2.24, 2.45) is 0 Å². The normalized spacial score (nSPS) is 12.7. The molecule has 84 valence electrons. The standard InChI is InChI=1S/C11H16ClNO2/c1-2-9(7-14)13-6-8-4-3-5-10(12)11(8)15/h3-5,9,13-15H,2,6-7H2,1H3. The first-order valence-corrected chi connectivity index (χ1v) is 5.37. The maximum absolute atomic E-state index is 9.62. The van der Waals surface area contributed by atoms with Crippen molar-refractivity contribution in [1.82, 2.24) is 5.32 Å². The van der Waals surface area contributed by atoms with Gasteiger partial charge in [0.15, 0.2) is 0 Å². The second-order valence-corrected chi connectivity index (χ2v) is 3.82. The maximum Gasteiger partial charge on any atom is 0.138 e. The van der Waals surface area contributed by atoms with E-state index >= 15 is 0 Å². The van der Waals surface area contributed by atoms with Crippen molar-refractivity contribution in [3.8, 4) is 5.75 Å². The molecule has 1 rings (SSSR count). The Bertz CT molecular complexity index is 313. The Morgan fingerprint density at radius 2 is 2.20 bits per heavy atom. The molecule has 3 N–H and O–H groups in total. The van der Waals surface area contributed by atoms with E-state index in [4.69, 9.17) is 16.7 Å². The summed E-state index contributed by atoms with van der Waals surface area (Å²) in [5.74, 6) is 0.111. The molecule has 0 aliphatic rings. The lowest BCUT2D eigenvalue weighted by atomic mass is 10.1. The van der Waals surface area contributed by atoms with Crippen molar-refractivity contribution >= 4 is 11.6 Å². The van der Waals surface area contributed by atoms with E-state index in [1.54, 1.807) is 18.2 Å². The minimum Gasteiger partial charge on any atom is -0.506 e. The molecule has 0 saturated heterocycles. The van der Waals surface area contributed by atoms with Gasteiger partial charge in [-0.25, -0.2) is 0 Å². The summed E-state index contributed by atoms with van der Waals surface area (Å²) in [6.45, 7) is 2.59. The first-order valence-electron chi connectivity index (χ1n) is 4.99. The average molecular weight is 230 g/mol. The van der Waals surface area contributed by atoms with Gasteiger partial charge < -0.3 is 15.5 Å². The van der Waals surface area contributed by atoms with Crippen LogP contribution in [-0.2, 0) is 6.54 Å². The molecule has 0 heterocycles. The molecule has 0 saturated carbocycles. The second kappa shape index (κ2) is 5.95. The van der Waals surface area contributed by atoms with Gasteiger partial charge in [-0.05, 0) is 12.5 Å². The molecular weight excluding hydrogens is 214 g/mol. The molecule has 0 spiro atoms. The van der Waals surface area contributed by atoms with E-state index in [0.717, 1.165) is 12.0 Å². The average Bonchev–Trinajstić information content (AvgIpc) is 2.25. The van der Waals surface area contributed by atoms with Crippen molar-refractivity contribution in [2.45, 2.75) is 25.9 Å². The highest BCUT2D eigenvalue weighted by molar-refractivity contribution is 6.32. The number of phenolic OH excluding ortho intramolecular Hbond substituents is 1. The summed E-state index contributed by atoms with van der Waals surface area (Å²) in [5.41, 5.74) is 0.745. The molecule has 1 atom stereocenters. The third kappa shape index (κ3) is 3.38. The Morgan fingerprint density at radius 3 is 2.80 bits per heavy atom. The molecule has 4 heteroatoms. The van der Waals surface area contributed by atoms with Crippen molar-refractivity contribution in [1.29, 1.82) is 0 Å². The van der Waals surface area contributed by atoms with Gasteiger partial charge in [0.25, 0.3) is 0 Å². The highest BCUT2D eigenvalue weighted by Gasteiger charge is 2.07. The van der Waals surface area contributed by atoms with E-state index in [0.29, 0.717) is 11.6 Å². The Morgan fingerprint density at radius 1 is 1.47 bits per heavy atom. The number of halogens is 1. The molecule has 0 aliphatic carbocycles. The Kier molecular flexibility index (Phi) is 4.88. The molecule has 0 bridgehead atoms. The van der Waals surface area contributed by atoms with Crippen LogP contribution in [0, 0.1) is 0 Å². The van der Waals surface area contributed by atoms with E-state index in [2.05, 4.69) is 5.32 Å². The van der Waals surface area contributed by atoms with Gasteiger partial charge in [-0.1, -0.05) is 30.7 Å². The minimum absolute atomic E-state index is 0.0587. The summed E-state index contributed by atoms with van der Waals surface area (Å²) in [6.07, 6.45) is 0.845. The Balaban J connectivity index is 2.61. The third-order valence-electron chi connectivity index (χ3n) is 2.36. The molecule has 0 aliphatic heterocycles. The maximum atomic E-state index is 9.62. The van der Waals surface area contributed by atoms with Crippen LogP contribution in [0.1, 0.15) is 18.9 Å². The lowest BCUT2D eigenvalue weighted by Gasteiger charge is -2.14. The fourth-order valence-electron chi connectivity index (χ4n) is 1.29. The zero-order chi connectivity index (χ0) is 11.3. The molecule has 0 aromatic heterocycles. The Hall–Kier alpha value is -0.770. The monoisotopic (exact) mass is 229 g/mol. The van der Waals surface area contributed by atoms with E-state index in [1.165, 1.54) is 0 Å². The van der Waals surface area contributed by atoms with E-state index in [1.807, 2.05) is 6.92 Å². The summed E-state index contributed by atoms with van der Waals surface area (Å²) in [5, 5.41) is 22.1. The van der Waals surface area contributed by atoms with Gasteiger partial charge in [0.2, 0.25) is 0 Å². The molecular formula is C11H16ClNO2. The highest BCUT2D eigenvalue weighted by atomic mass is 35.5. The molecule has 0 radical (unpaired) electrons. The quantitative estimate of drug-likeness (QED) is 0.723. The molecule has 1 unspecified atom stereocenters. The van der Waals surface area contributed by atoms with Crippen molar-refractivity contribution in [3.63, 3.8) is 0 Å². The molecule has 1 aromatic carbocycles. The number of aromatic hydroxyl groups is 1. The fourth-order valence-corrected chi connectivity index (χ4v) is 1.49. The van der Waals surface area contributed by atoms with Crippen LogP contribution < -0.4 is 5.32 Å². The molecule has 0 amide bonds. The predicted octanol–water partition coefficient (Wildman–Crippen LogP) is 1.91. The second-order valence-electron chi connectivity index (χ2n) is 3.42. The van der Waals surface area contributed by atoms with Crippen LogP contribution in [0.5, 0.6) is 5.75 Å². The fraction of sp³-hybridized carbons (Fsp3) is 0.455. The topological polar surface area (TPSA) is 52.5 Å². The van der Waals surface area contributed by atoms with Crippen LogP contribution in [0.25, 0.3) is 0 Å². The van der Waals surface area contributed by atoms with E-state index < -0.39 is 0 Å². The number of hydrogen-bond donors (Lipinski definition) is 3. The Labute approximate surface area is 94.7 Å². The lowest BCUT2D eigenvalue weighted by molar-refractivity contribution is 0.238. The zero-order valence-electron chi connectivity index (χ0n) is 8.70. The smallest absolute Gasteiger partial charge is 0.138 e. The summed E-state index contributed by atoms with van der Waals surface area (Å²) in [7, 11) is 0. The molecule has 15 heavy (non-hydrogen) atoms. The molecule has 1 aromatic rings.